The molecule has 0 aromatic heterocycles. The molecule has 37 heavy (non-hydrogen) atoms. The van der Waals surface area contributed by atoms with E-state index >= 15 is 0 Å². The molecule has 180 valence electrons. The van der Waals surface area contributed by atoms with Gasteiger partial charge in [-0.05, 0) is 52.3 Å². The van der Waals surface area contributed by atoms with E-state index in [1.54, 1.807) is 13.8 Å². The number of hydrogen-bond donors (Lipinski definition) is 0. The number of hydrogen-bond acceptors (Lipinski definition) is 3. The minimum absolute atomic E-state index is 0.0566. The Hall–Kier alpha value is -4.24. The minimum atomic E-state index is -0.884. The zero-order valence-corrected chi connectivity index (χ0v) is 21.0. The van der Waals surface area contributed by atoms with Crippen molar-refractivity contribution < 1.29 is 9.59 Å². The van der Waals surface area contributed by atoms with Crippen molar-refractivity contribution in [3.05, 3.63) is 142 Å². The van der Waals surface area contributed by atoms with Crippen LogP contribution in [-0.4, -0.2) is 23.0 Å². The van der Waals surface area contributed by atoms with Crippen LogP contribution < -0.4 is 0 Å². The number of nitrogens with zero attached hydrogens (tertiary/aromatic N) is 1. The highest BCUT2D eigenvalue weighted by atomic mass is 16.1. The van der Waals surface area contributed by atoms with Crippen LogP contribution in [0.4, 0.5) is 0 Å². The van der Waals surface area contributed by atoms with Crippen LogP contribution >= 0.6 is 0 Å². The quantitative estimate of drug-likeness (QED) is 0.350. The Balaban J connectivity index is 1.80. The van der Waals surface area contributed by atoms with Gasteiger partial charge < -0.3 is 4.90 Å². The molecule has 3 nitrogen and oxygen atoms in total. The van der Waals surface area contributed by atoms with Crippen molar-refractivity contribution >= 4 is 11.6 Å². The molecular weight excluding hydrogens is 454 g/mol. The van der Waals surface area contributed by atoms with Gasteiger partial charge in [0.2, 0.25) is 0 Å². The fourth-order valence-electron chi connectivity index (χ4n) is 7.71. The van der Waals surface area contributed by atoms with E-state index in [0.29, 0.717) is 17.8 Å². The fourth-order valence-corrected chi connectivity index (χ4v) is 7.71. The summed E-state index contributed by atoms with van der Waals surface area (Å²) in [5.74, 6) is -0.123. The summed E-state index contributed by atoms with van der Waals surface area (Å²) in [4.78, 5) is 29.8. The lowest BCUT2D eigenvalue weighted by Gasteiger charge is -2.55. The third-order valence-electron chi connectivity index (χ3n) is 8.67. The summed E-state index contributed by atoms with van der Waals surface area (Å²) < 4.78 is 0. The summed E-state index contributed by atoms with van der Waals surface area (Å²) in [6.45, 7) is 3.90. The lowest BCUT2D eigenvalue weighted by atomic mass is 9.54. The fraction of sp³-hybridized carbons (Fsp3) is 0.176. The number of fused-ring (bicyclic) bond motifs is 9. The van der Waals surface area contributed by atoms with Crippen LogP contribution in [0.1, 0.15) is 41.7 Å². The second-order valence-electron chi connectivity index (χ2n) is 10.3. The van der Waals surface area contributed by atoms with Gasteiger partial charge in [-0.25, -0.2) is 0 Å². The van der Waals surface area contributed by atoms with E-state index < -0.39 is 11.0 Å². The molecule has 4 aromatic carbocycles. The SMILES string of the molecule is CC(=O)C1=C(C(C)=O)C2(c3ccccc3-c3ccccc32)C2(c3ccccc3)c3ccccc3CCN12. The van der Waals surface area contributed by atoms with Crippen LogP contribution in [0, 0.1) is 0 Å². The number of Topliss-reactive ketones (excluding diaryl/α,β-unsaturated/α-hetero) is 2. The third-order valence-corrected chi connectivity index (χ3v) is 8.67. The van der Waals surface area contributed by atoms with Crippen LogP contribution in [0.3, 0.4) is 0 Å². The zero-order valence-electron chi connectivity index (χ0n) is 21.0. The van der Waals surface area contributed by atoms with E-state index in [1.807, 2.05) is 6.07 Å². The summed E-state index contributed by atoms with van der Waals surface area (Å²) in [5, 5.41) is 0. The molecule has 0 amide bonds. The van der Waals surface area contributed by atoms with Gasteiger partial charge in [0.1, 0.15) is 5.54 Å². The molecule has 1 unspecified atom stereocenters. The molecule has 1 spiro atoms. The molecule has 1 atom stereocenters. The Morgan fingerprint density at radius 3 is 1.78 bits per heavy atom. The predicted octanol–water partition coefficient (Wildman–Crippen LogP) is 6.20. The molecule has 0 radical (unpaired) electrons. The average molecular weight is 482 g/mol. The van der Waals surface area contributed by atoms with E-state index in [1.165, 1.54) is 5.56 Å². The summed E-state index contributed by atoms with van der Waals surface area (Å²) in [6.07, 6.45) is 0.812. The average Bonchev–Trinajstić information content (AvgIpc) is 3.39. The van der Waals surface area contributed by atoms with E-state index in [-0.39, 0.29) is 11.6 Å². The number of ketones is 2. The first-order chi connectivity index (χ1) is 18.0. The largest absolute Gasteiger partial charge is 0.353 e. The molecule has 2 heterocycles. The first-order valence-corrected chi connectivity index (χ1v) is 12.9. The highest BCUT2D eigenvalue weighted by Crippen LogP contribution is 2.70. The van der Waals surface area contributed by atoms with Crippen LogP contribution in [-0.2, 0) is 27.0 Å². The van der Waals surface area contributed by atoms with Gasteiger partial charge >= 0.3 is 0 Å². The topological polar surface area (TPSA) is 37.4 Å². The van der Waals surface area contributed by atoms with Gasteiger partial charge in [0, 0.05) is 19.0 Å². The van der Waals surface area contributed by atoms with Gasteiger partial charge in [0.15, 0.2) is 11.6 Å². The van der Waals surface area contributed by atoms with Gasteiger partial charge in [-0.2, -0.15) is 0 Å². The van der Waals surface area contributed by atoms with Gasteiger partial charge in [-0.15, -0.1) is 0 Å². The second kappa shape index (κ2) is 7.63. The summed E-state index contributed by atoms with van der Waals surface area (Å²) >= 11 is 0. The number of carbonyl (C=O) groups is 2. The van der Waals surface area contributed by atoms with Crippen molar-refractivity contribution in [2.24, 2.45) is 0 Å². The first-order valence-electron chi connectivity index (χ1n) is 12.9. The molecule has 0 fully saturated rings. The predicted molar refractivity (Wildman–Crippen MR) is 145 cm³/mol. The Bertz CT molecular complexity index is 1600. The Kier molecular flexibility index (Phi) is 4.54. The lowest BCUT2D eigenvalue weighted by Crippen LogP contribution is -2.59. The molecule has 1 aliphatic carbocycles. The third kappa shape index (κ3) is 2.47. The Morgan fingerprint density at radius 1 is 0.649 bits per heavy atom. The molecule has 3 aliphatic rings. The maximum atomic E-state index is 13.9. The van der Waals surface area contributed by atoms with E-state index in [2.05, 4.69) is 102 Å². The highest BCUT2D eigenvalue weighted by Gasteiger charge is 2.71. The zero-order chi connectivity index (χ0) is 25.4. The monoisotopic (exact) mass is 481 g/mol. The highest BCUT2D eigenvalue weighted by molar-refractivity contribution is 6.11. The van der Waals surface area contributed by atoms with Crippen molar-refractivity contribution in [3.8, 4) is 11.1 Å². The maximum Gasteiger partial charge on any atom is 0.176 e. The molecule has 2 aliphatic heterocycles. The van der Waals surface area contributed by atoms with Crippen molar-refractivity contribution in [1.82, 2.24) is 4.90 Å². The molecule has 0 N–H and O–H groups in total. The molecule has 0 saturated carbocycles. The summed E-state index contributed by atoms with van der Waals surface area (Å²) in [7, 11) is 0. The van der Waals surface area contributed by atoms with Crippen LogP contribution in [0.2, 0.25) is 0 Å². The van der Waals surface area contributed by atoms with Crippen molar-refractivity contribution in [2.45, 2.75) is 31.2 Å². The number of benzene rings is 4. The van der Waals surface area contributed by atoms with Crippen molar-refractivity contribution in [2.75, 3.05) is 6.54 Å². The van der Waals surface area contributed by atoms with Crippen molar-refractivity contribution in [1.29, 1.82) is 0 Å². The second-order valence-corrected chi connectivity index (χ2v) is 10.3. The van der Waals surface area contributed by atoms with Crippen LogP contribution in [0.5, 0.6) is 0 Å². The summed E-state index contributed by atoms with van der Waals surface area (Å²) in [5.41, 5.74) is 7.41. The molecular formula is C34H27NO2. The first kappa shape index (κ1) is 22.0. The smallest absolute Gasteiger partial charge is 0.176 e. The number of carbonyl (C=O) groups excluding carboxylic acids is 2. The van der Waals surface area contributed by atoms with Gasteiger partial charge in [-0.1, -0.05) is 103 Å². The van der Waals surface area contributed by atoms with E-state index in [0.717, 1.165) is 39.8 Å². The Labute approximate surface area is 217 Å². The van der Waals surface area contributed by atoms with Crippen LogP contribution in [0.15, 0.2) is 114 Å². The Morgan fingerprint density at radius 2 is 1.19 bits per heavy atom. The number of rotatable bonds is 3. The van der Waals surface area contributed by atoms with Crippen molar-refractivity contribution in [3.63, 3.8) is 0 Å². The van der Waals surface area contributed by atoms with E-state index in [4.69, 9.17) is 0 Å². The van der Waals surface area contributed by atoms with Crippen LogP contribution in [0.25, 0.3) is 11.1 Å². The molecule has 0 saturated heterocycles. The van der Waals surface area contributed by atoms with E-state index in [9.17, 15) is 9.59 Å². The maximum absolute atomic E-state index is 13.9. The summed E-state index contributed by atoms with van der Waals surface area (Å²) in [6, 6.07) is 36.0. The van der Waals surface area contributed by atoms with Gasteiger partial charge in [0.25, 0.3) is 0 Å². The molecule has 3 heteroatoms. The van der Waals surface area contributed by atoms with Gasteiger partial charge in [0.05, 0.1) is 11.1 Å². The standard InChI is InChI=1S/C34H27NO2/c1-22(36)31-32(23(2)37)35-21-20-24-12-6-9-17-28(24)34(35,25-13-4-3-5-14-25)33(31)29-18-10-7-15-26(29)27-16-8-11-19-30(27)33/h3-19H,20-21H2,1-2H3. The minimum Gasteiger partial charge on any atom is -0.353 e. The van der Waals surface area contributed by atoms with Gasteiger partial charge in [-0.3, -0.25) is 9.59 Å². The normalized spacial score (nSPS) is 20.3. The lowest BCUT2D eigenvalue weighted by molar-refractivity contribution is -0.117. The molecule has 4 aromatic rings. The number of allylic oxidation sites excluding steroid dienone is 1. The molecule has 0 bridgehead atoms. The molecule has 7 rings (SSSR count).